The molecule has 28 heavy (non-hydrogen) atoms. The highest BCUT2D eigenvalue weighted by atomic mass is 35.5. The van der Waals surface area contributed by atoms with Gasteiger partial charge in [-0.05, 0) is 30.3 Å². The smallest absolute Gasteiger partial charge is 0.296 e. The summed E-state index contributed by atoms with van der Waals surface area (Å²) in [6.45, 7) is 0. The van der Waals surface area contributed by atoms with Gasteiger partial charge in [-0.25, -0.2) is 0 Å². The number of halogens is 2. The summed E-state index contributed by atoms with van der Waals surface area (Å²) in [6, 6.07) is 12.8. The second kappa shape index (κ2) is 8.62. The topological polar surface area (TPSA) is 147 Å². The molecule has 0 heterocycles. The fraction of sp³-hybridized carbons (Fsp3) is 0. The van der Waals surface area contributed by atoms with Crippen LogP contribution in [0.2, 0.25) is 10.0 Å². The van der Waals surface area contributed by atoms with E-state index < -0.39 is 26.3 Å². The summed E-state index contributed by atoms with van der Waals surface area (Å²) < 4.78 is 38.0. The van der Waals surface area contributed by atoms with Crippen LogP contribution in [0.15, 0.2) is 52.6 Å². The van der Waals surface area contributed by atoms with Gasteiger partial charge in [-0.15, -0.1) is 0 Å². The Morgan fingerprint density at radius 3 is 2.14 bits per heavy atom. The van der Waals surface area contributed by atoms with Crippen LogP contribution in [0.25, 0.3) is 0 Å². The normalized spacial score (nSPS) is 10.1. The van der Waals surface area contributed by atoms with E-state index in [1.54, 1.807) is 18.2 Å². The van der Waals surface area contributed by atoms with Gasteiger partial charge >= 0.3 is 0 Å². The Morgan fingerprint density at radius 2 is 1.64 bits per heavy atom. The summed E-state index contributed by atoms with van der Waals surface area (Å²) in [5.74, 6) is 0.0988. The molecule has 0 spiro atoms. The van der Waals surface area contributed by atoms with Crippen molar-refractivity contribution in [3.63, 3.8) is 0 Å². The van der Waals surface area contributed by atoms with E-state index in [9.17, 15) is 18.2 Å². The Kier molecular flexibility index (Phi) is 6.48. The van der Waals surface area contributed by atoms with Crippen molar-refractivity contribution in [2.45, 2.75) is 4.90 Å². The molecule has 0 aliphatic rings. The van der Waals surface area contributed by atoms with E-state index in [0.717, 1.165) is 12.1 Å². The van der Waals surface area contributed by atoms with Crippen molar-refractivity contribution in [1.29, 1.82) is 15.8 Å². The molecule has 0 bridgehead atoms. The van der Waals surface area contributed by atoms with Gasteiger partial charge < -0.3 is 10.1 Å². The van der Waals surface area contributed by atoms with Crippen LogP contribution in [0.4, 0.5) is 5.69 Å². The Labute approximate surface area is 170 Å². The third-order valence-electron chi connectivity index (χ3n) is 3.20. The standard InChI is InChI=1S/C17H8Cl2N4O4S/c18-11-1-3-12(4-2-11)27-16-6-17(28(24,25)26)13(19)5-14(16)23-15(9-22)10(7-20)8-21/h1-6,23H,(H,24,25,26). The minimum atomic E-state index is -4.67. The average molecular weight is 435 g/mol. The molecular weight excluding hydrogens is 427 g/mol. The first-order valence-corrected chi connectivity index (χ1v) is 9.35. The predicted molar refractivity (Wildman–Crippen MR) is 100 cm³/mol. The monoisotopic (exact) mass is 434 g/mol. The molecule has 0 amide bonds. The molecule has 0 saturated heterocycles. The number of hydrogen-bond donors (Lipinski definition) is 2. The van der Waals surface area contributed by atoms with Crippen LogP contribution in [0.3, 0.4) is 0 Å². The van der Waals surface area contributed by atoms with Crippen LogP contribution in [-0.2, 0) is 10.1 Å². The van der Waals surface area contributed by atoms with E-state index >= 15 is 0 Å². The maximum atomic E-state index is 11.5. The van der Waals surface area contributed by atoms with Crippen LogP contribution in [0.1, 0.15) is 0 Å². The van der Waals surface area contributed by atoms with Gasteiger partial charge in [0.2, 0.25) is 0 Å². The minimum Gasteiger partial charge on any atom is -0.455 e. The van der Waals surface area contributed by atoms with Crippen LogP contribution >= 0.6 is 23.2 Å². The molecule has 0 aromatic heterocycles. The van der Waals surface area contributed by atoms with Crippen molar-refractivity contribution >= 4 is 39.0 Å². The highest BCUT2D eigenvalue weighted by Crippen LogP contribution is 2.37. The Bertz CT molecular complexity index is 1170. The fourth-order valence-electron chi connectivity index (χ4n) is 1.96. The number of rotatable bonds is 5. The van der Waals surface area contributed by atoms with Crippen LogP contribution < -0.4 is 10.1 Å². The van der Waals surface area contributed by atoms with E-state index in [-0.39, 0.29) is 22.2 Å². The number of ether oxygens (including phenoxy) is 1. The largest absolute Gasteiger partial charge is 0.455 e. The van der Waals surface area contributed by atoms with Crippen molar-refractivity contribution in [3.05, 3.63) is 57.7 Å². The molecule has 0 fully saturated rings. The zero-order valence-corrected chi connectivity index (χ0v) is 16.0. The highest BCUT2D eigenvalue weighted by molar-refractivity contribution is 7.86. The van der Waals surface area contributed by atoms with Crippen molar-refractivity contribution < 1.29 is 17.7 Å². The van der Waals surface area contributed by atoms with Gasteiger partial charge in [0.15, 0.2) is 11.3 Å². The summed E-state index contributed by atoms with van der Waals surface area (Å²) in [5.41, 5.74) is -0.927. The first-order valence-electron chi connectivity index (χ1n) is 7.15. The lowest BCUT2D eigenvalue weighted by Crippen LogP contribution is -2.05. The third kappa shape index (κ3) is 4.92. The number of benzene rings is 2. The first kappa shape index (κ1) is 21.0. The average Bonchev–Trinajstić information content (AvgIpc) is 2.64. The molecule has 140 valence electrons. The van der Waals surface area contributed by atoms with Gasteiger partial charge in [0.05, 0.1) is 10.7 Å². The number of hydrogen-bond acceptors (Lipinski definition) is 7. The maximum absolute atomic E-state index is 11.5. The molecule has 2 aromatic rings. The second-order valence-corrected chi connectivity index (χ2v) is 7.25. The molecule has 0 atom stereocenters. The van der Waals surface area contributed by atoms with Crippen LogP contribution in [0, 0.1) is 34.0 Å². The number of nitrogens with zero attached hydrogens (tertiary/aromatic N) is 3. The summed E-state index contributed by atoms with van der Waals surface area (Å²) in [4.78, 5) is -0.632. The SMILES string of the molecule is N#CC(C#N)=C(C#N)Nc1cc(Cl)c(S(=O)(=O)O)cc1Oc1ccc(Cl)cc1. The van der Waals surface area contributed by atoms with E-state index in [2.05, 4.69) is 5.32 Å². The quantitative estimate of drug-likeness (QED) is 0.523. The predicted octanol–water partition coefficient (Wildman–Crippen LogP) is 4.27. The van der Waals surface area contributed by atoms with E-state index in [1.807, 2.05) is 0 Å². The lowest BCUT2D eigenvalue weighted by Gasteiger charge is -2.15. The second-order valence-electron chi connectivity index (χ2n) is 5.02. The molecule has 0 aliphatic carbocycles. The first-order chi connectivity index (χ1) is 13.2. The zero-order valence-electron chi connectivity index (χ0n) is 13.6. The highest BCUT2D eigenvalue weighted by Gasteiger charge is 2.20. The molecule has 0 aliphatic heterocycles. The van der Waals surface area contributed by atoms with E-state index in [1.165, 1.54) is 24.3 Å². The van der Waals surface area contributed by atoms with Crippen LogP contribution in [0.5, 0.6) is 11.5 Å². The van der Waals surface area contributed by atoms with Gasteiger partial charge in [0.1, 0.15) is 34.5 Å². The maximum Gasteiger partial charge on any atom is 0.296 e. The minimum absolute atomic E-state index is 0.0214. The number of nitriles is 3. The Hall–Kier alpha value is -3.26. The molecule has 0 radical (unpaired) electrons. The molecule has 0 unspecified atom stereocenters. The van der Waals surface area contributed by atoms with Gasteiger partial charge in [0, 0.05) is 11.1 Å². The summed E-state index contributed by atoms with van der Waals surface area (Å²) in [6.07, 6.45) is 0. The summed E-state index contributed by atoms with van der Waals surface area (Å²) in [5, 5.41) is 29.6. The third-order valence-corrected chi connectivity index (χ3v) is 4.77. The number of anilines is 1. The molecule has 11 heteroatoms. The molecule has 2 rings (SSSR count). The zero-order chi connectivity index (χ0) is 20.9. The van der Waals surface area contributed by atoms with Crippen LogP contribution in [-0.4, -0.2) is 13.0 Å². The lowest BCUT2D eigenvalue weighted by molar-refractivity contribution is 0.473. The summed E-state index contributed by atoms with van der Waals surface area (Å²) >= 11 is 11.7. The molecule has 0 saturated carbocycles. The number of allylic oxidation sites excluding steroid dienone is 2. The lowest BCUT2D eigenvalue weighted by atomic mass is 10.2. The summed E-state index contributed by atoms with van der Waals surface area (Å²) in [7, 11) is -4.67. The molecule has 8 nitrogen and oxygen atoms in total. The van der Waals surface area contributed by atoms with Gasteiger partial charge in [-0.2, -0.15) is 24.2 Å². The van der Waals surface area contributed by atoms with E-state index in [4.69, 9.17) is 38.5 Å². The van der Waals surface area contributed by atoms with Gasteiger partial charge in [-0.1, -0.05) is 23.2 Å². The van der Waals surface area contributed by atoms with Gasteiger partial charge in [-0.3, -0.25) is 4.55 Å². The fourth-order valence-corrected chi connectivity index (χ4v) is 3.11. The molecule has 2 N–H and O–H groups in total. The molecule has 2 aromatic carbocycles. The van der Waals surface area contributed by atoms with Crippen molar-refractivity contribution in [1.82, 2.24) is 0 Å². The van der Waals surface area contributed by atoms with Crippen molar-refractivity contribution in [2.75, 3.05) is 5.32 Å². The van der Waals surface area contributed by atoms with Gasteiger partial charge in [0.25, 0.3) is 10.1 Å². The Morgan fingerprint density at radius 1 is 1.04 bits per heavy atom. The van der Waals surface area contributed by atoms with Crippen molar-refractivity contribution in [2.24, 2.45) is 0 Å². The van der Waals surface area contributed by atoms with E-state index in [0.29, 0.717) is 5.02 Å². The van der Waals surface area contributed by atoms with Crippen molar-refractivity contribution in [3.8, 4) is 29.7 Å². The number of nitrogens with one attached hydrogen (secondary N) is 1. The Balaban J connectivity index is 2.64. The molecular formula is C17H8Cl2N4O4S.